The molecule has 8 heteroatoms. The van der Waals surface area contributed by atoms with Gasteiger partial charge >= 0.3 is 5.97 Å². The molecule has 1 atom stereocenters. The fraction of sp³-hybridized carbons (Fsp3) is 0.533. The first-order chi connectivity index (χ1) is 11.1. The van der Waals surface area contributed by atoms with E-state index in [9.17, 15) is 9.59 Å². The summed E-state index contributed by atoms with van der Waals surface area (Å²) in [6.45, 7) is 0. The Morgan fingerprint density at radius 1 is 1.48 bits per heavy atom. The number of aromatic nitrogens is 1. The van der Waals surface area contributed by atoms with E-state index in [0.717, 1.165) is 4.88 Å². The SMILES string of the molecule is C#CCCC1(CCC(=O)NC(Cc2cncs2)C(=O)OC)N=N1. The largest absolute Gasteiger partial charge is 0.467 e. The Kier molecular flexibility index (Phi) is 5.82. The molecule has 7 nitrogen and oxygen atoms in total. The van der Waals surface area contributed by atoms with Gasteiger partial charge in [-0.2, -0.15) is 10.2 Å². The van der Waals surface area contributed by atoms with Crippen LogP contribution in [-0.2, 0) is 20.7 Å². The molecule has 0 radical (unpaired) electrons. The topological polar surface area (TPSA) is 93.0 Å². The van der Waals surface area contributed by atoms with E-state index in [1.54, 1.807) is 11.7 Å². The highest BCUT2D eigenvalue weighted by Crippen LogP contribution is 2.37. The van der Waals surface area contributed by atoms with Crippen molar-refractivity contribution >= 4 is 23.2 Å². The predicted molar refractivity (Wildman–Crippen MR) is 84.7 cm³/mol. The molecule has 1 aromatic rings. The number of rotatable bonds is 9. The van der Waals surface area contributed by atoms with Gasteiger partial charge in [-0.15, -0.1) is 23.7 Å². The second kappa shape index (κ2) is 7.83. The summed E-state index contributed by atoms with van der Waals surface area (Å²) in [6, 6.07) is -0.720. The maximum Gasteiger partial charge on any atom is 0.328 e. The van der Waals surface area contributed by atoms with Gasteiger partial charge in [0, 0.05) is 43.2 Å². The van der Waals surface area contributed by atoms with Crippen LogP contribution < -0.4 is 5.32 Å². The lowest BCUT2D eigenvalue weighted by molar-refractivity contribution is -0.145. The van der Waals surface area contributed by atoms with Crippen molar-refractivity contribution in [1.82, 2.24) is 10.3 Å². The van der Waals surface area contributed by atoms with Crippen molar-refractivity contribution < 1.29 is 14.3 Å². The number of terminal acetylenes is 1. The number of hydrogen-bond donors (Lipinski definition) is 1. The lowest BCUT2D eigenvalue weighted by Gasteiger charge is -2.16. The van der Waals surface area contributed by atoms with Crippen LogP contribution in [0, 0.1) is 12.3 Å². The number of amides is 1. The highest BCUT2D eigenvalue weighted by atomic mass is 32.1. The minimum atomic E-state index is -0.720. The van der Waals surface area contributed by atoms with E-state index in [4.69, 9.17) is 11.2 Å². The zero-order valence-corrected chi connectivity index (χ0v) is 13.6. The summed E-state index contributed by atoms with van der Waals surface area (Å²) in [5.41, 5.74) is 1.18. The molecule has 0 fully saturated rings. The van der Waals surface area contributed by atoms with Gasteiger partial charge in [-0.1, -0.05) is 0 Å². The molecular formula is C15H18N4O3S. The predicted octanol–water partition coefficient (Wildman–Crippen LogP) is 1.70. The van der Waals surface area contributed by atoms with Crippen LogP contribution in [0.2, 0.25) is 0 Å². The number of nitrogens with zero attached hydrogens (tertiary/aromatic N) is 3. The zero-order chi connectivity index (χ0) is 16.7. The summed E-state index contributed by atoms with van der Waals surface area (Å²) in [6.07, 6.45) is 9.21. The molecule has 1 aliphatic rings. The van der Waals surface area contributed by atoms with E-state index in [2.05, 4.69) is 26.4 Å². The summed E-state index contributed by atoms with van der Waals surface area (Å²) in [4.78, 5) is 28.8. The Morgan fingerprint density at radius 3 is 2.83 bits per heavy atom. The van der Waals surface area contributed by atoms with Gasteiger partial charge < -0.3 is 10.1 Å². The van der Waals surface area contributed by atoms with E-state index in [-0.39, 0.29) is 12.3 Å². The van der Waals surface area contributed by atoms with Crippen molar-refractivity contribution in [3.05, 3.63) is 16.6 Å². The molecule has 0 aromatic carbocycles. The van der Waals surface area contributed by atoms with Crippen LogP contribution in [0.1, 0.15) is 30.6 Å². The van der Waals surface area contributed by atoms with Crippen LogP contribution in [0.4, 0.5) is 0 Å². The van der Waals surface area contributed by atoms with Crippen molar-refractivity contribution in [2.75, 3.05) is 7.11 Å². The van der Waals surface area contributed by atoms with Gasteiger partial charge in [0.2, 0.25) is 5.91 Å². The molecule has 23 heavy (non-hydrogen) atoms. The summed E-state index contributed by atoms with van der Waals surface area (Å²) in [5.74, 6) is 1.83. The molecule has 1 unspecified atom stereocenters. The number of thiazole rings is 1. The molecule has 0 saturated heterocycles. The summed E-state index contributed by atoms with van der Waals surface area (Å²) < 4.78 is 4.74. The first-order valence-electron chi connectivity index (χ1n) is 7.20. The lowest BCUT2D eigenvalue weighted by atomic mass is 10.0. The molecule has 1 aliphatic heterocycles. The highest BCUT2D eigenvalue weighted by Gasteiger charge is 2.39. The fourth-order valence-corrected chi connectivity index (χ4v) is 2.77. The van der Waals surface area contributed by atoms with E-state index in [1.165, 1.54) is 18.4 Å². The molecule has 2 heterocycles. The molecule has 1 amide bonds. The second-order valence-electron chi connectivity index (χ2n) is 5.20. The van der Waals surface area contributed by atoms with Gasteiger partial charge in [-0.25, -0.2) is 4.79 Å². The molecule has 122 valence electrons. The van der Waals surface area contributed by atoms with E-state index in [0.29, 0.717) is 25.7 Å². The maximum absolute atomic E-state index is 12.1. The fourth-order valence-electron chi connectivity index (χ4n) is 2.13. The van der Waals surface area contributed by atoms with Crippen LogP contribution >= 0.6 is 11.3 Å². The number of ether oxygens (including phenoxy) is 1. The number of carbonyl (C=O) groups excluding carboxylic acids is 2. The van der Waals surface area contributed by atoms with Crippen molar-refractivity contribution in [3.8, 4) is 12.3 Å². The number of hydrogen-bond acceptors (Lipinski definition) is 7. The van der Waals surface area contributed by atoms with Crippen LogP contribution in [0.5, 0.6) is 0 Å². The van der Waals surface area contributed by atoms with Gasteiger partial charge in [0.1, 0.15) is 6.04 Å². The molecule has 0 aliphatic carbocycles. The van der Waals surface area contributed by atoms with E-state index >= 15 is 0 Å². The molecule has 0 saturated carbocycles. The van der Waals surface area contributed by atoms with Gasteiger partial charge in [-0.05, 0) is 0 Å². The van der Waals surface area contributed by atoms with Crippen LogP contribution in [0.3, 0.4) is 0 Å². The molecule has 1 aromatic heterocycles. The summed E-state index contributed by atoms with van der Waals surface area (Å²) in [7, 11) is 1.30. The third-order valence-electron chi connectivity index (χ3n) is 3.51. The normalized spacial score (nSPS) is 15.5. The Labute approximate surface area is 138 Å². The molecule has 2 rings (SSSR count). The zero-order valence-electron chi connectivity index (χ0n) is 12.8. The first-order valence-corrected chi connectivity index (χ1v) is 8.08. The van der Waals surface area contributed by atoms with Gasteiger partial charge in [0.25, 0.3) is 0 Å². The van der Waals surface area contributed by atoms with Crippen LogP contribution in [0.25, 0.3) is 0 Å². The minimum Gasteiger partial charge on any atom is -0.467 e. The average molecular weight is 334 g/mol. The monoisotopic (exact) mass is 334 g/mol. The molecule has 0 bridgehead atoms. The Balaban J connectivity index is 1.83. The quantitative estimate of drug-likeness (QED) is 0.549. The standard InChI is InChI=1S/C15H18N4O3S/c1-3-4-6-15(18-19-15)7-5-13(20)17-12(14(21)22-2)8-11-9-16-10-23-11/h1,9-10,12H,4-8H2,2H3,(H,17,20). The first kappa shape index (κ1) is 17.1. The Hall–Kier alpha value is -2.27. The third-order valence-corrected chi connectivity index (χ3v) is 4.32. The van der Waals surface area contributed by atoms with E-state index < -0.39 is 17.7 Å². The molecule has 1 N–H and O–H groups in total. The minimum absolute atomic E-state index is 0.230. The van der Waals surface area contributed by atoms with Crippen molar-refractivity contribution in [3.63, 3.8) is 0 Å². The van der Waals surface area contributed by atoms with Crippen LogP contribution in [-0.4, -0.2) is 35.7 Å². The lowest BCUT2D eigenvalue weighted by Crippen LogP contribution is -2.43. The maximum atomic E-state index is 12.1. The molecule has 0 spiro atoms. The molecular weight excluding hydrogens is 316 g/mol. The van der Waals surface area contributed by atoms with Gasteiger partial charge in [-0.3, -0.25) is 9.78 Å². The smallest absolute Gasteiger partial charge is 0.328 e. The third kappa shape index (κ3) is 5.14. The highest BCUT2D eigenvalue weighted by molar-refractivity contribution is 7.09. The number of methoxy groups -OCH3 is 1. The number of nitrogens with one attached hydrogen (secondary N) is 1. The summed E-state index contributed by atoms with van der Waals surface area (Å²) in [5, 5.41) is 10.7. The second-order valence-corrected chi connectivity index (χ2v) is 6.17. The van der Waals surface area contributed by atoms with Crippen LogP contribution in [0.15, 0.2) is 21.9 Å². The van der Waals surface area contributed by atoms with Crippen molar-refractivity contribution in [1.29, 1.82) is 0 Å². The summed E-state index contributed by atoms with van der Waals surface area (Å²) >= 11 is 1.42. The Bertz CT molecular complexity index is 615. The van der Waals surface area contributed by atoms with Gasteiger partial charge in [0.05, 0.1) is 12.6 Å². The number of carbonyl (C=O) groups is 2. The Morgan fingerprint density at radius 2 is 2.26 bits per heavy atom. The van der Waals surface area contributed by atoms with Crippen molar-refractivity contribution in [2.24, 2.45) is 10.2 Å². The average Bonchev–Trinajstić information content (AvgIpc) is 3.15. The van der Waals surface area contributed by atoms with Gasteiger partial charge in [0.15, 0.2) is 5.66 Å². The van der Waals surface area contributed by atoms with Crippen molar-refractivity contribution in [2.45, 2.75) is 43.8 Å². The number of esters is 1. The van der Waals surface area contributed by atoms with E-state index in [1.807, 2.05) is 0 Å².